The van der Waals surface area contributed by atoms with E-state index in [1.165, 1.54) is 23.5 Å². The molecule has 0 aliphatic rings. The highest BCUT2D eigenvalue weighted by molar-refractivity contribution is 7.13. The van der Waals surface area contributed by atoms with E-state index in [2.05, 4.69) is 9.97 Å². The largest absolute Gasteiger partial charge is 0.459 e. The third kappa shape index (κ3) is 4.20. The zero-order valence-corrected chi connectivity index (χ0v) is 12.9. The molecule has 0 amide bonds. The maximum Gasteiger partial charge on any atom is 0.312 e. The Morgan fingerprint density at radius 1 is 1.17 bits per heavy atom. The molecular formula is C17H13FN2O2S. The predicted octanol–water partition coefficient (Wildman–Crippen LogP) is 3.63. The van der Waals surface area contributed by atoms with E-state index in [9.17, 15) is 9.18 Å². The van der Waals surface area contributed by atoms with Crippen molar-refractivity contribution in [2.24, 2.45) is 0 Å². The SMILES string of the molecule is O=C(Cc1csc(-c2cccc(F)c2)n1)OCc1ccccn1. The van der Waals surface area contributed by atoms with Crippen LogP contribution in [0.1, 0.15) is 11.4 Å². The van der Waals surface area contributed by atoms with E-state index in [1.807, 2.05) is 6.07 Å². The molecule has 0 aliphatic carbocycles. The minimum absolute atomic E-state index is 0.0820. The molecular weight excluding hydrogens is 315 g/mol. The Morgan fingerprint density at radius 2 is 2.09 bits per heavy atom. The number of hydrogen-bond donors (Lipinski definition) is 0. The van der Waals surface area contributed by atoms with Gasteiger partial charge in [0.25, 0.3) is 0 Å². The molecule has 0 bridgehead atoms. The second-order valence-electron chi connectivity index (χ2n) is 4.81. The van der Waals surface area contributed by atoms with E-state index in [0.29, 0.717) is 22.0 Å². The van der Waals surface area contributed by atoms with E-state index in [0.717, 1.165) is 0 Å². The highest BCUT2D eigenvalue weighted by Crippen LogP contribution is 2.24. The van der Waals surface area contributed by atoms with Gasteiger partial charge in [0.2, 0.25) is 0 Å². The van der Waals surface area contributed by atoms with Crippen LogP contribution in [0.15, 0.2) is 54.0 Å². The lowest BCUT2D eigenvalue weighted by atomic mass is 10.2. The summed E-state index contributed by atoms with van der Waals surface area (Å²) >= 11 is 1.37. The van der Waals surface area contributed by atoms with Crippen LogP contribution in [0.5, 0.6) is 0 Å². The lowest BCUT2D eigenvalue weighted by Gasteiger charge is -2.02. The van der Waals surface area contributed by atoms with E-state index >= 15 is 0 Å². The van der Waals surface area contributed by atoms with E-state index in [-0.39, 0.29) is 24.8 Å². The molecule has 0 unspecified atom stereocenters. The van der Waals surface area contributed by atoms with Gasteiger partial charge in [0.05, 0.1) is 17.8 Å². The summed E-state index contributed by atoms with van der Waals surface area (Å²) in [6, 6.07) is 11.6. The maximum atomic E-state index is 13.2. The molecule has 4 nitrogen and oxygen atoms in total. The van der Waals surface area contributed by atoms with Gasteiger partial charge in [0, 0.05) is 17.1 Å². The average Bonchev–Trinajstić information content (AvgIpc) is 3.02. The summed E-state index contributed by atoms with van der Waals surface area (Å²) in [6.45, 7) is 0.139. The molecule has 23 heavy (non-hydrogen) atoms. The number of halogens is 1. The van der Waals surface area contributed by atoms with Gasteiger partial charge in [0.15, 0.2) is 0 Å². The normalized spacial score (nSPS) is 10.5. The fourth-order valence-electron chi connectivity index (χ4n) is 1.98. The smallest absolute Gasteiger partial charge is 0.312 e. The van der Waals surface area contributed by atoms with Gasteiger partial charge < -0.3 is 4.74 Å². The topological polar surface area (TPSA) is 52.1 Å². The van der Waals surface area contributed by atoms with E-state index < -0.39 is 0 Å². The van der Waals surface area contributed by atoms with Crippen molar-refractivity contribution in [3.63, 3.8) is 0 Å². The molecule has 1 aromatic carbocycles. The third-order valence-corrected chi connectivity index (χ3v) is 4.00. The summed E-state index contributed by atoms with van der Waals surface area (Å²) in [5.74, 6) is -0.680. The number of carbonyl (C=O) groups is 1. The van der Waals surface area contributed by atoms with Crippen LogP contribution in [0.2, 0.25) is 0 Å². The molecule has 0 atom stereocenters. The van der Waals surface area contributed by atoms with E-state index in [4.69, 9.17) is 4.74 Å². The van der Waals surface area contributed by atoms with Gasteiger partial charge in [-0.25, -0.2) is 9.37 Å². The van der Waals surface area contributed by atoms with Crippen molar-refractivity contribution >= 4 is 17.3 Å². The van der Waals surface area contributed by atoms with Crippen molar-refractivity contribution in [3.05, 3.63) is 71.2 Å². The Labute approximate surface area is 136 Å². The Bertz CT molecular complexity index is 805. The molecule has 0 aliphatic heterocycles. The minimum atomic E-state index is -0.369. The highest BCUT2D eigenvalue weighted by atomic mass is 32.1. The number of hydrogen-bond acceptors (Lipinski definition) is 5. The van der Waals surface area contributed by atoms with Crippen molar-refractivity contribution in [2.45, 2.75) is 13.0 Å². The van der Waals surface area contributed by atoms with E-state index in [1.54, 1.807) is 35.8 Å². The molecule has 3 rings (SSSR count). The third-order valence-electron chi connectivity index (χ3n) is 3.06. The first-order valence-corrected chi connectivity index (χ1v) is 7.84. The first-order chi connectivity index (χ1) is 11.2. The number of benzene rings is 1. The van der Waals surface area contributed by atoms with Gasteiger partial charge in [-0.2, -0.15) is 0 Å². The number of rotatable bonds is 5. The number of thiazole rings is 1. The van der Waals surface area contributed by atoms with Crippen LogP contribution in [-0.2, 0) is 22.6 Å². The zero-order chi connectivity index (χ0) is 16.1. The molecule has 0 saturated carbocycles. The molecule has 0 fully saturated rings. The standard InChI is InChI=1S/C17H13FN2O2S/c18-13-5-3-4-12(8-13)17-20-15(11-23-17)9-16(21)22-10-14-6-1-2-7-19-14/h1-8,11H,9-10H2. The van der Waals surface area contributed by atoms with Crippen LogP contribution in [0.3, 0.4) is 0 Å². The fraction of sp³-hybridized carbons (Fsp3) is 0.118. The van der Waals surface area contributed by atoms with Gasteiger partial charge in [-0.3, -0.25) is 9.78 Å². The summed E-state index contributed by atoms with van der Waals surface area (Å²) in [5.41, 5.74) is 2.00. The molecule has 3 aromatic rings. The van der Waals surface area contributed by atoms with Crippen LogP contribution >= 0.6 is 11.3 Å². The first kappa shape index (κ1) is 15.3. The summed E-state index contributed by atoms with van der Waals surface area (Å²) in [6.07, 6.45) is 1.73. The molecule has 0 spiro atoms. The molecule has 0 N–H and O–H groups in total. The quantitative estimate of drug-likeness (QED) is 0.671. The number of nitrogens with zero attached hydrogens (tertiary/aromatic N) is 2. The zero-order valence-electron chi connectivity index (χ0n) is 12.1. The number of esters is 1. The fourth-order valence-corrected chi connectivity index (χ4v) is 2.80. The molecule has 0 radical (unpaired) electrons. The monoisotopic (exact) mass is 328 g/mol. The summed E-state index contributed by atoms with van der Waals surface area (Å²) in [7, 11) is 0. The maximum absolute atomic E-state index is 13.2. The second kappa shape index (κ2) is 7.11. The number of aromatic nitrogens is 2. The van der Waals surface area contributed by atoms with Crippen LogP contribution in [0.4, 0.5) is 4.39 Å². The van der Waals surface area contributed by atoms with Gasteiger partial charge in [-0.1, -0.05) is 18.2 Å². The van der Waals surface area contributed by atoms with Gasteiger partial charge in [-0.05, 0) is 24.3 Å². The second-order valence-corrected chi connectivity index (χ2v) is 5.67. The first-order valence-electron chi connectivity index (χ1n) is 6.96. The van der Waals surface area contributed by atoms with Gasteiger partial charge >= 0.3 is 5.97 Å². The van der Waals surface area contributed by atoms with Crippen molar-refractivity contribution in [1.29, 1.82) is 0 Å². The Hall–Kier alpha value is -2.60. The highest BCUT2D eigenvalue weighted by Gasteiger charge is 2.11. The lowest BCUT2D eigenvalue weighted by Crippen LogP contribution is -2.08. The number of ether oxygens (including phenoxy) is 1. The van der Waals surface area contributed by atoms with Crippen molar-refractivity contribution in [1.82, 2.24) is 9.97 Å². The number of carbonyl (C=O) groups excluding carboxylic acids is 1. The summed E-state index contributed by atoms with van der Waals surface area (Å²) in [4.78, 5) is 20.3. The Balaban J connectivity index is 1.59. The van der Waals surface area contributed by atoms with Crippen LogP contribution in [0.25, 0.3) is 10.6 Å². The molecule has 116 valence electrons. The predicted molar refractivity (Wildman–Crippen MR) is 85.2 cm³/mol. The molecule has 2 heterocycles. The van der Waals surface area contributed by atoms with Crippen molar-refractivity contribution in [2.75, 3.05) is 0 Å². The molecule has 2 aromatic heterocycles. The minimum Gasteiger partial charge on any atom is -0.459 e. The van der Waals surface area contributed by atoms with Crippen molar-refractivity contribution in [3.8, 4) is 10.6 Å². The summed E-state index contributed by atoms with van der Waals surface area (Å²) < 4.78 is 18.4. The number of pyridine rings is 1. The molecule has 0 saturated heterocycles. The van der Waals surface area contributed by atoms with Crippen LogP contribution in [0, 0.1) is 5.82 Å². The Morgan fingerprint density at radius 3 is 2.87 bits per heavy atom. The Kier molecular flexibility index (Phi) is 4.73. The lowest BCUT2D eigenvalue weighted by molar-refractivity contribution is -0.144. The summed E-state index contributed by atoms with van der Waals surface area (Å²) in [5, 5.41) is 2.46. The molecule has 6 heteroatoms. The van der Waals surface area contributed by atoms with Gasteiger partial charge in [-0.15, -0.1) is 11.3 Å². The van der Waals surface area contributed by atoms with Gasteiger partial charge in [0.1, 0.15) is 17.4 Å². The van der Waals surface area contributed by atoms with Crippen LogP contribution in [-0.4, -0.2) is 15.9 Å². The van der Waals surface area contributed by atoms with Crippen LogP contribution < -0.4 is 0 Å². The average molecular weight is 328 g/mol. The van der Waals surface area contributed by atoms with Crippen molar-refractivity contribution < 1.29 is 13.9 Å².